The molecular weight excluding hydrogens is 268 g/mol. The van der Waals surface area contributed by atoms with Gasteiger partial charge in [0.15, 0.2) is 0 Å². The number of hydrogen-bond acceptors (Lipinski definition) is 4. The molecule has 1 aliphatic heterocycles. The van der Waals surface area contributed by atoms with E-state index >= 15 is 0 Å². The molecule has 0 aliphatic carbocycles. The zero-order chi connectivity index (χ0) is 14.8. The summed E-state index contributed by atoms with van der Waals surface area (Å²) in [5.74, 6) is 0.0460. The van der Waals surface area contributed by atoms with Gasteiger partial charge in [0.1, 0.15) is 0 Å². The normalized spacial score (nSPS) is 18.5. The van der Waals surface area contributed by atoms with Gasteiger partial charge in [-0.2, -0.15) is 10.2 Å². The van der Waals surface area contributed by atoms with Gasteiger partial charge in [0.05, 0.1) is 24.4 Å². The Morgan fingerprint density at radius 3 is 3.05 bits per heavy atom. The van der Waals surface area contributed by atoms with Gasteiger partial charge in [-0.3, -0.25) is 19.1 Å². The van der Waals surface area contributed by atoms with Crippen molar-refractivity contribution in [2.45, 2.75) is 25.6 Å². The Bertz CT molecular complexity index is 631. The standard InChI is InChI=1S/C14H20N6O/c1-15-14(21)5-13-10-19(8-11-6-17-18(2)7-11)9-12-3-4-16-20(12)13/h3-4,6-7,13H,5,8-10H2,1-2H3,(H,15,21). The second-order valence-electron chi connectivity index (χ2n) is 5.49. The maximum Gasteiger partial charge on any atom is 0.221 e. The van der Waals surface area contributed by atoms with Crippen molar-refractivity contribution in [1.82, 2.24) is 29.8 Å². The molecule has 21 heavy (non-hydrogen) atoms. The Morgan fingerprint density at radius 2 is 2.33 bits per heavy atom. The van der Waals surface area contributed by atoms with Crippen molar-refractivity contribution in [2.75, 3.05) is 13.6 Å². The number of nitrogens with zero attached hydrogens (tertiary/aromatic N) is 5. The van der Waals surface area contributed by atoms with Gasteiger partial charge in [0.2, 0.25) is 5.91 Å². The molecule has 0 spiro atoms. The van der Waals surface area contributed by atoms with Crippen LogP contribution in [0.4, 0.5) is 0 Å². The maximum absolute atomic E-state index is 11.7. The smallest absolute Gasteiger partial charge is 0.221 e. The fraction of sp³-hybridized carbons (Fsp3) is 0.500. The number of fused-ring (bicyclic) bond motifs is 1. The predicted octanol–water partition coefficient (Wildman–Crippen LogP) is 0.310. The first-order chi connectivity index (χ1) is 10.2. The van der Waals surface area contributed by atoms with Gasteiger partial charge in [0, 0.05) is 51.7 Å². The summed E-state index contributed by atoms with van der Waals surface area (Å²) in [6.45, 7) is 2.50. The lowest BCUT2D eigenvalue weighted by Crippen LogP contribution is -2.39. The molecule has 112 valence electrons. The predicted molar refractivity (Wildman–Crippen MR) is 77.3 cm³/mol. The summed E-state index contributed by atoms with van der Waals surface area (Å²) in [6, 6.07) is 2.10. The van der Waals surface area contributed by atoms with E-state index in [0.717, 1.165) is 25.3 Å². The summed E-state index contributed by atoms with van der Waals surface area (Å²) in [5.41, 5.74) is 2.34. The maximum atomic E-state index is 11.7. The molecule has 1 N–H and O–H groups in total. The van der Waals surface area contributed by atoms with Crippen LogP contribution in [0.5, 0.6) is 0 Å². The highest BCUT2D eigenvalue weighted by Gasteiger charge is 2.27. The van der Waals surface area contributed by atoms with Crippen molar-refractivity contribution in [3.05, 3.63) is 35.9 Å². The van der Waals surface area contributed by atoms with Crippen molar-refractivity contribution < 1.29 is 4.79 Å². The third kappa shape index (κ3) is 2.97. The number of nitrogens with one attached hydrogen (secondary N) is 1. The molecule has 7 nitrogen and oxygen atoms in total. The minimum Gasteiger partial charge on any atom is -0.359 e. The fourth-order valence-electron chi connectivity index (χ4n) is 2.86. The first kappa shape index (κ1) is 13.8. The summed E-state index contributed by atoms with van der Waals surface area (Å²) >= 11 is 0. The van der Waals surface area contributed by atoms with E-state index in [9.17, 15) is 4.79 Å². The molecule has 0 radical (unpaired) electrons. The van der Waals surface area contributed by atoms with Crippen LogP contribution in [0, 0.1) is 0 Å². The highest BCUT2D eigenvalue weighted by atomic mass is 16.1. The number of carbonyl (C=O) groups excluding carboxylic acids is 1. The summed E-state index contributed by atoms with van der Waals surface area (Å²) in [6.07, 6.45) is 6.17. The van der Waals surface area contributed by atoms with E-state index in [-0.39, 0.29) is 11.9 Å². The van der Waals surface area contributed by atoms with Crippen molar-refractivity contribution in [3.8, 4) is 0 Å². The lowest BCUT2D eigenvalue weighted by molar-refractivity contribution is -0.121. The molecule has 0 fully saturated rings. The van der Waals surface area contributed by atoms with Crippen LogP contribution in [0.25, 0.3) is 0 Å². The van der Waals surface area contributed by atoms with E-state index in [1.807, 2.05) is 34.9 Å². The van der Waals surface area contributed by atoms with E-state index in [2.05, 4.69) is 20.4 Å². The van der Waals surface area contributed by atoms with Gasteiger partial charge in [-0.15, -0.1) is 0 Å². The molecule has 1 unspecified atom stereocenters. The summed E-state index contributed by atoms with van der Waals surface area (Å²) in [5, 5.41) is 11.3. The summed E-state index contributed by atoms with van der Waals surface area (Å²) in [7, 11) is 3.59. The molecule has 0 aromatic carbocycles. The number of aromatic nitrogens is 4. The molecule has 0 bridgehead atoms. The molecule has 7 heteroatoms. The van der Waals surface area contributed by atoms with Gasteiger partial charge >= 0.3 is 0 Å². The van der Waals surface area contributed by atoms with Gasteiger partial charge in [-0.1, -0.05) is 0 Å². The Hall–Kier alpha value is -2.15. The Morgan fingerprint density at radius 1 is 1.48 bits per heavy atom. The van der Waals surface area contributed by atoms with E-state index in [0.29, 0.717) is 6.42 Å². The molecule has 2 aromatic heterocycles. The number of amides is 1. The zero-order valence-electron chi connectivity index (χ0n) is 12.4. The third-order valence-corrected chi connectivity index (χ3v) is 3.82. The van der Waals surface area contributed by atoms with Crippen molar-refractivity contribution in [3.63, 3.8) is 0 Å². The van der Waals surface area contributed by atoms with Crippen LogP contribution in [0.1, 0.15) is 23.7 Å². The lowest BCUT2D eigenvalue weighted by Gasteiger charge is -2.33. The van der Waals surface area contributed by atoms with Crippen LogP contribution in [-0.2, 0) is 24.9 Å². The zero-order valence-corrected chi connectivity index (χ0v) is 12.4. The minimum atomic E-state index is 0.0460. The highest BCUT2D eigenvalue weighted by Crippen LogP contribution is 2.24. The summed E-state index contributed by atoms with van der Waals surface area (Å²) in [4.78, 5) is 14.0. The van der Waals surface area contributed by atoms with Crippen LogP contribution >= 0.6 is 0 Å². The molecular formula is C14H20N6O. The van der Waals surface area contributed by atoms with Gasteiger partial charge in [-0.25, -0.2) is 0 Å². The van der Waals surface area contributed by atoms with E-state index in [1.165, 1.54) is 5.56 Å². The van der Waals surface area contributed by atoms with Crippen molar-refractivity contribution in [2.24, 2.45) is 7.05 Å². The Labute approximate surface area is 123 Å². The van der Waals surface area contributed by atoms with Gasteiger partial charge in [0.25, 0.3) is 0 Å². The third-order valence-electron chi connectivity index (χ3n) is 3.82. The topological polar surface area (TPSA) is 68.0 Å². The molecule has 0 saturated heterocycles. The SMILES string of the molecule is CNC(=O)CC1CN(Cc2cnn(C)c2)Cc2ccnn21. The Kier molecular flexibility index (Phi) is 3.74. The number of carbonyl (C=O) groups is 1. The summed E-state index contributed by atoms with van der Waals surface area (Å²) < 4.78 is 3.79. The average Bonchev–Trinajstić information content (AvgIpc) is 3.07. The van der Waals surface area contributed by atoms with Crippen LogP contribution in [-0.4, -0.2) is 44.0 Å². The fourth-order valence-corrected chi connectivity index (χ4v) is 2.86. The van der Waals surface area contributed by atoms with Crippen LogP contribution < -0.4 is 5.32 Å². The quantitative estimate of drug-likeness (QED) is 0.879. The first-order valence-electron chi connectivity index (χ1n) is 7.08. The monoisotopic (exact) mass is 288 g/mol. The molecule has 3 heterocycles. The Balaban J connectivity index is 1.75. The highest BCUT2D eigenvalue weighted by molar-refractivity contribution is 5.76. The van der Waals surface area contributed by atoms with E-state index in [4.69, 9.17) is 0 Å². The van der Waals surface area contributed by atoms with Crippen molar-refractivity contribution in [1.29, 1.82) is 0 Å². The molecule has 2 aromatic rings. The lowest BCUT2D eigenvalue weighted by atomic mass is 10.1. The minimum absolute atomic E-state index is 0.0460. The number of hydrogen-bond donors (Lipinski definition) is 1. The second kappa shape index (κ2) is 5.69. The number of aryl methyl sites for hydroxylation is 1. The largest absolute Gasteiger partial charge is 0.359 e. The molecule has 1 atom stereocenters. The van der Waals surface area contributed by atoms with Gasteiger partial charge in [-0.05, 0) is 6.07 Å². The number of rotatable bonds is 4. The molecule has 1 aliphatic rings. The molecule has 1 amide bonds. The van der Waals surface area contributed by atoms with E-state index in [1.54, 1.807) is 13.2 Å². The van der Waals surface area contributed by atoms with E-state index < -0.39 is 0 Å². The first-order valence-corrected chi connectivity index (χ1v) is 7.08. The molecule has 0 saturated carbocycles. The van der Waals surface area contributed by atoms with Crippen LogP contribution in [0.2, 0.25) is 0 Å². The average molecular weight is 288 g/mol. The van der Waals surface area contributed by atoms with Crippen LogP contribution in [0.15, 0.2) is 24.7 Å². The van der Waals surface area contributed by atoms with Crippen molar-refractivity contribution >= 4 is 5.91 Å². The van der Waals surface area contributed by atoms with Gasteiger partial charge < -0.3 is 5.32 Å². The second-order valence-corrected chi connectivity index (χ2v) is 5.49. The molecule has 3 rings (SSSR count). The van der Waals surface area contributed by atoms with Crippen LogP contribution in [0.3, 0.4) is 0 Å².